The third-order valence-electron chi connectivity index (χ3n) is 3.27. The van der Waals surface area contributed by atoms with Crippen molar-refractivity contribution in [3.8, 4) is 0 Å². The zero-order valence-corrected chi connectivity index (χ0v) is 10.6. The number of hydrogen-bond donors (Lipinski definition) is 1. The maximum atomic E-state index is 12.3. The van der Waals surface area contributed by atoms with Crippen LogP contribution in [-0.2, 0) is 0 Å². The maximum absolute atomic E-state index is 12.3. The lowest BCUT2D eigenvalue weighted by Gasteiger charge is -2.23. The first kappa shape index (κ1) is 12.4. The topological polar surface area (TPSA) is 40.5 Å². The summed E-state index contributed by atoms with van der Waals surface area (Å²) in [5.41, 5.74) is 1.56. The van der Waals surface area contributed by atoms with E-state index in [1.54, 1.807) is 23.1 Å². The number of aliphatic hydroxyl groups excluding tert-OH is 1. The Kier molecular flexibility index (Phi) is 3.69. The van der Waals surface area contributed by atoms with E-state index in [-0.39, 0.29) is 18.6 Å². The average molecular weight is 254 g/mol. The van der Waals surface area contributed by atoms with Gasteiger partial charge in [0, 0.05) is 17.1 Å². The minimum Gasteiger partial charge on any atom is -0.394 e. The molecule has 1 aliphatic heterocycles. The van der Waals surface area contributed by atoms with Crippen LogP contribution in [0.2, 0.25) is 5.02 Å². The van der Waals surface area contributed by atoms with Gasteiger partial charge in [0.15, 0.2) is 0 Å². The number of hydrogen-bond acceptors (Lipinski definition) is 2. The highest BCUT2D eigenvalue weighted by Gasteiger charge is 2.29. The molecule has 0 spiro atoms. The summed E-state index contributed by atoms with van der Waals surface area (Å²) in [7, 11) is 0. The Morgan fingerprint density at radius 3 is 3.00 bits per heavy atom. The second kappa shape index (κ2) is 5.07. The minimum atomic E-state index is -0.0300. The van der Waals surface area contributed by atoms with Crippen LogP contribution in [0.5, 0.6) is 0 Å². The number of benzene rings is 1. The molecule has 1 fully saturated rings. The molecule has 1 amide bonds. The highest BCUT2D eigenvalue weighted by atomic mass is 35.5. The van der Waals surface area contributed by atoms with Gasteiger partial charge in [0.25, 0.3) is 5.91 Å². The fourth-order valence-corrected chi connectivity index (χ4v) is 2.54. The zero-order chi connectivity index (χ0) is 12.4. The molecule has 0 radical (unpaired) electrons. The first-order valence-corrected chi connectivity index (χ1v) is 6.19. The molecule has 1 atom stereocenters. The van der Waals surface area contributed by atoms with Crippen molar-refractivity contribution in [1.29, 1.82) is 0 Å². The maximum Gasteiger partial charge on any atom is 0.254 e. The van der Waals surface area contributed by atoms with Gasteiger partial charge in [-0.1, -0.05) is 11.6 Å². The molecular formula is C13H16ClNO2. The summed E-state index contributed by atoms with van der Waals surface area (Å²) in [6.45, 7) is 2.65. The van der Waals surface area contributed by atoms with E-state index in [2.05, 4.69) is 0 Å². The Morgan fingerprint density at radius 2 is 2.35 bits per heavy atom. The van der Waals surface area contributed by atoms with Gasteiger partial charge in [0.05, 0.1) is 12.6 Å². The average Bonchev–Trinajstić information content (AvgIpc) is 2.76. The number of nitrogens with zero attached hydrogens (tertiary/aromatic N) is 1. The van der Waals surface area contributed by atoms with Gasteiger partial charge in [-0.25, -0.2) is 0 Å². The van der Waals surface area contributed by atoms with Crippen molar-refractivity contribution in [2.45, 2.75) is 25.8 Å². The van der Waals surface area contributed by atoms with E-state index in [0.29, 0.717) is 10.6 Å². The molecule has 4 heteroatoms. The summed E-state index contributed by atoms with van der Waals surface area (Å²) >= 11 is 5.87. The molecule has 1 aromatic rings. The summed E-state index contributed by atoms with van der Waals surface area (Å²) in [4.78, 5) is 14.1. The fourth-order valence-electron chi connectivity index (χ4n) is 2.31. The quantitative estimate of drug-likeness (QED) is 0.878. The number of aliphatic hydroxyl groups is 1. The molecule has 1 unspecified atom stereocenters. The molecule has 2 rings (SSSR count). The highest BCUT2D eigenvalue weighted by molar-refractivity contribution is 6.30. The number of halogens is 1. The first-order chi connectivity index (χ1) is 8.13. The van der Waals surface area contributed by atoms with E-state index < -0.39 is 0 Å². The molecule has 1 heterocycles. The standard InChI is InChI=1S/C13H16ClNO2/c1-9-7-10(14)4-5-12(9)13(17)15-6-2-3-11(15)8-16/h4-5,7,11,16H,2-3,6,8H2,1H3. The van der Waals surface area contributed by atoms with Crippen LogP contribution in [0.25, 0.3) is 0 Å². The molecule has 0 aliphatic carbocycles. The van der Waals surface area contributed by atoms with Crippen molar-refractivity contribution >= 4 is 17.5 Å². The Hall–Kier alpha value is -1.06. The van der Waals surface area contributed by atoms with Crippen LogP contribution in [0.3, 0.4) is 0 Å². The number of rotatable bonds is 2. The van der Waals surface area contributed by atoms with Crippen molar-refractivity contribution in [3.63, 3.8) is 0 Å². The largest absolute Gasteiger partial charge is 0.394 e. The number of aryl methyl sites for hydroxylation is 1. The fraction of sp³-hybridized carbons (Fsp3) is 0.462. The van der Waals surface area contributed by atoms with Gasteiger partial charge >= 0.3 is 0 Å². The predicted octanol–water partition coefficient (Wildman–Crippen LogP) is 2.25. The lowest BCUT2D eigenvalue weighted by atomic mass is 10.1. The molecule has 1 saturated heterocycles. The Balaban J connectivity index is 2.24. The van der Waals surface area contributed by atoms with Crippen molar-refractivity contribution in [2.24, 2.45) is 0 Å². The summed E-state index contributed by atoms with van der Waals surface area (Å²) in [5, 5.41) is 9.87. The van der Waals surface area contributed by atoms with Crippen molar-refractivity contribution in [2.75, 3.05) is 13.2 Å². The number of carbonyl (C=O) groups is 1. The van der Waals surface area contributed by atoms with Crippen molar-refractivity contribution in [3.05, 3.63) is 34.3 Å². The van der Waals surface area contributed by atoms with E-state index >= 15 is 0 Å². The van der Waals surface area contributed by atoms with Crippen molar-refractivity contribution < 1.29 is 9.90 Å². The van der Waals surface area contributed by atoms with E-state index in [9.17, 15) is 9.90 Å². The normalized spacial score (nSPS) is 19.7. The minimum absolute atomic E-state index is 0.00397. The Labute approximate surface area is 106 Å². The van der Waals surface area contributed by atoms with E-state index in [4.69, 9.17) is 11.6 Å². The third kappa shape index (κ3) is 2.45. The zero-order valence-electron chi connectivity index (χ0n) is 9.82. The van der Waals surface area contributed by atoms with Gasteiger partial charge in [0.2, 0.25) is 0 Å². The first-order valence-electron chi connectivity index (χ1n) is 5.81. The van der Waals surface area contributed by atoms with Gasteiger partial charge in [-0.3, -0.25) is 4.79 Å². The van der Waals surface area contributed by atoms with Crippen LogP contribution in [-0.4, -0.2) is 35.1 Å². The van der Waals surface area contributed by atoms with Gasteiger partial charge < -0.3 is 10.0 Å². The van der Waals surface area contributed by atoms with Crippen LogP contribution >= 0.6 is 11.6 Å². The number of carbonyl (C=O) groups excluding carboxylic acids is 1. The monoisotopic (exact) mass is 253 g/mol. The van der Waals surface area contributed by atoms with Gasteiger partial charge in [-0.15, -0.1) is 0 Å². The Morgan fingerprint density at radius 1 is 1.59 bits per heavy atom. The van der Waals surface area contributed by atoms with Gasteiger partial charge in [-0.05, 0) is 43.5 Å². The van der Waals surface area contributed by atoms with Crippen molar-refractivity contribution in [1.82, 2.24) is 4.90 Å². The van der Waals surface area contributed by atoms with Crippen LogP contribution in [0.15, 0.2) is 18.2 Å². The van der Waals surface area contributed by atoms with E-state index in [1.807, 2.05) is 6.92 Å². The number of likely N-dealkylation sites (tertiary alicyclic amines) is 1. The molecule has 0 saturated carbocycles. The Bertz CT molecular complexity index is 433. The lowest BCUT2D eigenvalue weighted by molar-refractivity contribution is 0.0677. The summed E-state index contributed by atoms with van der Waals surface area (Å²) < 4.78 is 0. The second-order valence-electron chi connectivity index (χ2n) is 4.44. The smallest absolute Gasteiger partial charge is 0.254 e. The van der Waals surface area contributed by atoms with Crippen LogP contribution in [0.4, 0.5) is 0 Å². The molecule has 92 valence electrons. The van der Waals surface area contributed by atoms with Gasteiger partial charge in [0.1, 0.15) is 0 Å². The van der Waals surface area contributed by atoms with E-state index in [0.717, 1.165) is 24.9 Å². The summed E-state index contributed by atoms with van der Waals surface area (Å²) in [6, 6.07) is 5.25. The second-order valence-corrected chi connectivity index (χ2v) is 4.87. The molecule has 17 heavy (non-hydrogen) atoms. The lowest BCUT2D eigenvalue weighted by Crippen LogP contribution is -2.37. The molecule has 3 nitrogen and oxygen atoms in total. The summed E-state index contributed by atoms with van der Waals surface area (Å²) in [5.74, 6) is -0.00397. The highest BCUT2D eigenvalue weighted by Crippen LogP contribution is 2.22. The molecular weight excluding hydrogens is 238 g/mol. The van der Waals surface area contributed by atoms with E-state index in [1.165, 1.54) is 0 Å². The van der Waals surface area contributed by atoms with Crippen LogP contribution in [0.1, 0.15) is 28.8 Å². The predicted molar refractivity (Wildman–Crippen MR) is 67.3 cm³/mol. The van der Waals surface area contributed by atoms with Crippen LogP contribution < -0.4 is 0 Å². The molecule has 0 aromatic heterocycles. The molecule has 1 aromatic carbocycles. The van der Waals surface area contributed by atoms with Crippen LogP contribution in [0, 0.1) is 6.92 Å². The summed E-state index contributed by atoms with van der Waals surface area (Å²) in [6.07, 6.45) is 1.85. The number of amides is 1. The van der Waals surface area contributed by atoms with Gasteiger partial charge in [-0.2, -0.15) is 0 Å². The molecule has 0 bridgehead atoms. The SMILES string of the molecule is Cc1cc(Cl)ccc1C(=O)N1CCCC1CO. The molecule has 1 aliphatic rings. The molecule has 1 N–H and O–H groups in total. The third-order valence-corrected chi connectivity index (χ3v) is 3.50.